The Balaban J connectivity index is 2.23. The summed E-state index contributed by atoms with van der Waals surface area (Å²) >= 11 is 0. The number of methoxy groups -OCH3 is 1. The van der Waals surface area contributed by atoms with E-state index in [1.165, 1.54) is 26.0 Å². The molecule has 3 N–H and O–H groups in total. The summed E-state index contributed by atoms with van der Waals surface area (Å²) in [7, 11) is -3.12. The van der Waals surface area contributed by atoms with Crippen LogP contribution in [0, 0.1) is 5.92 Å². The monoisotopic (exact) mass is 559 g/mol. The summed E-state index contributed by atoms with van der Waals surface area (Å²) < 4.78 is 51.7. The number of esters is 1. The molecule has 0 fully saturated rings. The van der Waals surface area contributed by atoms with E-state index < -0.39 is 67.6 Å². The second-order valence-corrected chi connectivity index (χ2v) is 10.9. The van der Waals surface area contributed by atoms with Gasteiger partial charge in [0.25, 0.3) is 5.56 Å². The Morgan fingerprint density at radius 1 is 1.18 bits per heavy atom. The number of aliphatic hydroxyl groups excluding tert-OH is 1. The summed E-state index contributed by atoms with van der Waals surface area (Å²) in [6.45, 7) is 6.69. The molecule has 1 heterocycles. The molecule has 2 rings (SSSR count). The van der Waals surface area contributed by atoms with Crippen LogP contribution in [0.15, 0.2) is 52.2 Å². The summed E-state index contributed by atoms with van der Waals surface area (Å²) in [4.78, 5) is 37.9. The van der Waals surface area contributed by atoms with Crippen molar-refractivity contribution in [1.29, 1.82) is 0 Å². The van der Waals surface area contributed by atoms with Crippen LogP contribution in [0.4, 0.5) is 4.39 Å². The number of aliphatic hydroxyl groups is 1. The number of alkyl halides is 1. The first kappa shape index (κ1) is 31.4. The Morgan fingerprint density at radius 2 is 1.82 bits per heavy atom. The second-order valence-electron chi connectivity index (χ2n) is 9.21. The maximum atomic E-state index is 15.9. The van der Waals surface area contributed by atoms with Crippen molar-refractivity contribution in [3.05, 3.63) is 63.4 Å². The number of rotatable bonds is 14. The summed E-state index contributed by atoms with van der Waals surface area (Å²) in [5.41, 5.74) is -4.19. The molecule has 14 heteroatoms. The van der Waals surface area contributed by atoms with Crippen LogP contribution in [0.3, 0.4) is 0 Å². The van der Waals surface area contributed by atoms with Gasteiger partial charge in [-0.25, -0.2) is 13.8 Å². The number of nitrogens with zero attached hydrogens (tertiary/aromatic N) is 1. The van der Waals surface area contributed by atoms with Crippen molar-refractivity contribution in [2.45, 2.75) is 64.8 Å². The Labute approximate surface area is 219 Å². The highest BCUT2D eigenvalue weighted by Crippen LogP contribution is 2.46. The van der Waals surface area contributed by atoms with Gasteiger partial charge in [0, 0.05) is 25.3 Å². The standard InChI is InChI=1S/C24H35FN3O9P/c1-15(2)36-21(31)17(4)27-38(33,37-18-10-8-7-9-11-18)35-14-16(3)20(30)24(5,25)22(34-6)28-13-12-19(29)26-23(28)32/h7-13,15-17,20,22,30H,14H2,1-6H3,(H,27,33)(H,26,29,32)/t16-,17-,20?,22-,24?,38+/m1/s1. The lowest BCUT2D eigenvalue weighted by atomic mass is 9.89. The first-order valence-corrected chi connectivity index (χ1v) is 13.4. The molecule has 0 aliphatic rings. The number of hydrogen-bond donors (Lipinski definition) is 3. The molecule has 2 unspecified atom stereocenters. The second kappa shape index (κ2) is 13.3. The van der Waals surface area contributed by atoms with E-state index in [-0.39, 0.29) is 5.75 Å². The number of benzene rings is 1. The average molecular weight is 560 g/mol. The lowest BCUT2D eigenvalue weighted by Crippen LogP contribution is -2.51. The van der Waals surface area contributed by atoms with Crippen LogP contribution in [0.2, 0.25) is 0 Å². The van der Waals surface area contributed by atoms with Gasteiger partial charge in [-0.2, -0.15) is 5.09 Å². The fourth-order valence-electron chi connectivity index (χ4n) is 3.57. The van der Waals surface area contributed by atoms with Crippen molar-refractivity contribution in [2.75, 3.05) is 13.7 Å². The van der Waals surface area contributed by atoms with Crippen LogP contribution >= 0.6 is 7.75 Å². The van der Waals surface area contributed by atoms with Gasteiger partial charge in [-0.05, 0) is 39.8 Å². The first-order valence-electron chi connectivity index (χ1n) is 11.9. The molecule has 0 saturated carbocycles. The molecule has 0 bridgehead atoms. The van der Waals surface area contributed by atoms with E-state index in [1.54, 1.807) is 32.0 Å². The van der Waals surface area contributed by atoms with Gasteiger partial charge >= 0.3 is 19.4 Å². The third-order valence-corrected chi connectivity index (χ3v) is 7.10. The van der Waals surface area contributed by atoms with Gasteiger partial charge in [0.1, 0.15) is 11.8 Å². The van der Waals surface area contributed by atoms with Crippen LogP contribution in [0.25, 0.3) is 0 Å². The van der Waals surface area contributed by atoms with Gasteiger partial charge in [-0.15, -0.1) is 0 Å². The predicted molar refractivity (Wildman–Crippen MR) is 137 cm³/mol. The van der Waals surface area contributed by atoms with Crippen LogP contribution in [-0.2, 0) is 23.4 Å². The topological polar surface area (TPSA) is 158 Å². The maximum Gasteiger partial charge on any atom is 0.459 e. The number of aromatic amines is 1. The van der Waals surface area contributed by atoms with Gasteiger partial charge < -0.3 is 19.1 Å². The lowest BCUT2D eigenvalue weighted by Gasteiger charge is -2.37. The van der Waals surface area contributed by atoms with E-state index in [0.717, 1.165) is 30.9 Å². The molecular weight excluding hydrogens is 524 g/mol. The number of para-hydroxylation sites is 1. The fourth-order valence-corrected chi connectivity index (χ4v) is 5.16. The summed E-state index contributed by atoms with van der Waals surface area (Å²) in [6, 6.07) is 7.96. The van der Waals surface area contributed by atoms with E-state index in [9.17, 15) is 24.1 Å². The first-order chi connectivity index (χ1) is 17.7. The van der Waals surface area contributed by atoms with E-state index >= 15 is 4.39 Å². The lowest BCUT2D eigenvalue weighted by molar-refractivity contribution is -0.150. The number of aromatic nitrogens is 2. The van der Waals surface area contributed by atoms with Gasteiger partial charge in [-0.3, -0.25) is 23.7 Å². The molecule has 6 atom stereocenters. The zero-order valence-corrected chi connectivity index (χ0v) is 23.0. The SMILES string of the molecule is CO[C@@H](n1ccc(=O)[nH]c1=O)C(C)(F)C(O)[C@H](C)CO[P@@](=O)(N[C@H](C)C(=O)OC(C)C)Oc1ccccc1. The molecule has 1 aromatic carbocycles. The molecule has 0 saturated heterocycles. The molecule has 0 spiro atoms. The minimum atomic E-state index is -4.25. The number of H-pyrrole nitrogens is 1. The van der Waals surface area contributed by atoms with Gasteiger partial charge in [0.05, 0.1) is 18.8 Å². The highest BCUT2D eigenvalue weighted by Gasteiger charge is 2.46. The zero-order valence-electron chi connectivity index (χ0n) is 22.1. The molecule has 0 aliphatic heterocycles. The van der Waals surface area contributed by atoms with Gasteiger partial charge in [0.15, 0.2) is 11.9 Å². The van der Waals surface area contributed by atoms with Crippen LogP contribution in [0.5, 0.6) is 5.75 Å². The minimum absolute atomic E-state index is 0.174. The summed E-state index contributed by atoms with van der Waals surface area (Å²) in [5, 5.41) is 13.4. The predicted octanol–water partition coefficient (Wildman–Crippen LogP) is 2.54. The third kappa shape index (κ3) is 8.34. The highest BCUT2D eigenvalue weighted by atomic mass is 31.2. The highest BCUT2D eigenvalue weighted by molar-refractivity contribution is 7.52. The number of nitrogens with one attached hydrogen (secondary N) is 2. The number of carbonyl (C=O) groups is 1. The van der Waals surface area contributed by atoms with E-state index in [1.807, 2.05) is 4.98 Å². The van der Waals surface area contributed by atoms with Crippen LogP contribution in [0.1, 0.15) is 40.8 Å². The molecule has 2 aromatic rings. The normalized spacial score (nSPS) is 18.0. The molecule has 38 heavy (non-hydrogen) atoms. The summed E-state index contributed by atoms with van der Waals surface area (Å²) in [6.07, 6.45) is -2.80. The molecule has 0 radical (unpaired) electrons. The smallest absolute Gasteiger partial charge is 0.459 e. The Hall–Kier alpha value is -2.83. The van der Waals surface area contributed by atoms with E-state index in [2.05, 4.69) is 5.09 Å². The van der Waals surface area contributed by atoms with Crippen molar-refractivity contribution < 1.29 is 37.4 Å². The van der Waals surface area contributed by atoms with Crippen molar-refractivity contribution >= 4 is 13.7 Å². The number of hydrogen-bond acceptors (Lipinski definition) is 9. The minimum Gasteiger partial charge on any atom is -0.462 e. The van der Waals surface area contributed by atoms with Crippen molar-refractivity contribution in [3.8, 4) is 5.75 Å². The largest absolute Gasteiger partial charge is 0.462 e. The van der Waals surface area contributed by atoms with E-state index in [0.29, 0.717) is 0 Å². The van der Waals surface area contributed by atoms with Crippen LogP contribution < -0.4 is 20.9 Å². The third-order valence-electron chi connectivity index (χ3n) is 5.46. The zero-order chi connectivity index (χ0) is 28.7. The van der Waals surface area contributed by atoms with Crippen LogP contribution in [-0.4, -0.2) is 58.3 Å². The van der Waals surface area contributed by atoms with Crippen molar-refractivity contribution in [1.82, 2.24) is 14.6 Å². The Bertz CT molecular complexity index is 1220. The maximum absolute atomic E-state index is 15.9. The number of carbonyl (C=O) groups excluding carboxylic acids is 1. The van der Waals surface area contributed by atoms with E-state index in [4.69, 9.17) is 18.5 Å². The molecule has 12 nitrogen and oxygen atoms in total. The molecular formula is C24H35FN3O9P. The number of halogens is 1. The Morgan fingerprint density at radius 3 is 2.37 bits per heavy atom. The van der Waals surface area contributed by atoms with Gasteiger partial charge in [0.2, 0.25) is 0 Å². The summed E-state index contributed by atoms with van der Waals surface area (Å²) in [5.74, 6) is -1.54. The molecule has 1 aromatic heterocycles. The quantitative estimate of drug-likeness (QED) is 0.232. The number of ether oxygens (including phenoxy) is 2. The molecule has 0 amide bonds. The fraction of sp³-hybridized carbons (Fsp3) is 0.542. The molecule has 212 valence electrons. The average Bonchev–Trinajstić information content (AvgIpc) is 2.83. The van der Waals surface area contributed by atoms with Crippen molar-refractivity contribution in [3.63, 3.8) is 0 Å². The molecule has 0 aliphatic carbocycles. The van der Waals surface area contributed by atoms with Crippen molar-refractivity contribution in [2.24, 2.45) is 5.92 Å². The Kier molecular flexibility index (Phi) is 11.0. The van der Waals surface area contributed by atoms with Gasteiger partial charge in [-0.1, -0.05) is 25.1 Å².